The molecule has 2 rings (SSSR count). The standard InChI is InChI=1S/C8H13N5O2/c9-3-7-12-13-8(15-7)10-4-6(14)11-5-1-2-5/h5H,1-4,9H2,(H,10,13)(H,11,14). The molecule has 0 unspecified atom stereocenters. The summed E-state index contributed by atoms with van der Waals surface area (Å²) in [5.41, 5.74) is 5.29. The van der Waals surface area contributed by atoms with Crippen LogP contribution in [0.5, 0.6) is 0 Å². The van der Waals surface area contributed by atoms with Crippen LogP contribution in [0.1, 0.15) is 18.7 Å². The Morgan fingerprint density at radius 2 is 2.33 bits per heavy atom. The molecule has 1 saturated carbocycles. The van der Waals surface area contributed by atoms with Crippen molar-refractivity contribution >= 4 is 11.9 Å². The first-order valence-corrected chi connectivity index (χ1v) is 4.83. The van der Waals surface area contributed by atoms with Crippen LogP contribution in [0.25, 0.3) is 0 Å². The van der Waals surface area contributed by atoms with Crippen molar-refractivity contribution in [2.45, 2.75) is 25.4 Å². The van der Waals surface area contributed by atoms with E-state index in [1.807, 2.05) is 0 Å². The third-order valence-electron chi connectivity index (χ3n) is 1.98. The van der Waals surface area contributed by atoms with Crippen molar-refractivity contribution in [1.29, 1.82) is 0 Å². The molecule has 0 spiro atoms. The molecular formula is C8H13N5O2. The number of nitrogens with one attached hydrogen (secondary N) is 2. The highest BCUT2D eigenvalue weighted by atomic mass is 16.4. The minimum absolute atomic E-state index is 0.0648. The first-order chi connectivity index (χ1) is 7.28. The number of rotatable bonds is 5. The molecule has 4 N–H and O–H groups in total. The lowest BCUT2D eigenvalue weighted by molar-refractivity contribution is -0.119. The fraction of sp³-hybridized carbons (Fsp3) is 0.625. The number of hydrogen-bond donors (Lipinski definition) is 3. The van der Waals surface area contributed by atoms with Crippen LogP contribution in [-0.4, -0.2) is 28.7 Å². The number of carbonyl (C=O) groups excluding carboxylic acids is 1. The van der Waals surface area contributed by atoms with Gasteiger partial charge in [-0.1, -0.05) is 5.10 Å². The van der Waals surface area contributed by atoms with Crippen LogP contribution in [-0.2, 0) is 11.3 Å². The van der Waals surface area contributed by atoms with E-state index in [0.29, 0.717) is 11.9 Å². The van der Waals surface area contributed by atoms with E-state index in [2.05, 4.69) is 20.8 Å². The summed E-state index contributed by atoms with van der Waals surface area (Å²) < 4.78 is 5.07. The predicted molar refractivity (Wildman–Crippen MR) is 51.8 cm³/mol. The van der Waals surface area contributed by atoms with Crippen LogP contribution in [0.4, 0.5) is 6.01 Å². The van der Waals surface area contributed by atoms with Crippen LogP contribution in [0, 0.1) is 0 Å². The maximum Gasteiger partial charge on any atom is 0.315 e. The van der Waals surface area contributed by atoms with Gasteiger partial charge in [0.05, 0.1) is 13.1 Å². The van der Waals surface area contributed by atoms with Crippen LogP contribution < -0.4 is 16.4 Å². The van der Waals surface area contributed by atoms with Gasteiger partial charge >= 0.3 is 6.01 Å². The van der Waals surface area contributed by atoms with Crippen molar-refractivity contribution in [2.24, 2.45) is 5.73 Å². The number of nitrogens with zero attached hydrogens (tertiary/aromatic N) is 2. The maximum atomic E-state index is 11.3. The quantitative estimate of drug-likeness (QED) is 0.590. The third-order valence-corrected chi connectivity index (χ3v) is 1.98. The fourth-order valence-corrected chi connectivity index (χ4v) is 1.07. The molecule has 0 atom stereocenters. The predicted octanol–water partition coefficient (Wildman–Crippen LogP) is -0.781. The first kappa shape index (κ1) is 9.91. The summed E-state index contributed by atoms with van der Waals surface area (Å²) in [4.78, 5) is 11.3. The number of nitrogens with two attached hydrogens (primary N) is 1. The average Bonchev–Trinajstić information content (AvgIpc) is 2.92. The summed E-state index contributed by atoms with van der Waals surface area (Å²) in [6.45, 7) is 0.339. The van der Waals surface area contributed by atoms with Crippen molar-refractivity contribution < 1.29 is 9.21 Å². The zero-order valence-corrected chi connectivity index (χ0v) is 8.19. The van der Waals surface area contributed by atoms with E-state index in [1.165, 1.54) is 0 Å². The summed E-state index contributed by atoms with van der Waals surface area (Å²) in [7, 11) is 0. The smallest absolute Gasteiger partial charge is 0.315 e. The van der Waals surface area contributed by atoms with Crippen molar-refractivity contribution in [3.63, 3.8) is 0 Å². The van der Waals surface area contributed by atoms with E-state index >= 15 is 0 Å². The van der Waals surface area contributed by atoms with Crippen LogP contribution >= 0.6 is 0 Å². The van der Waals surface area contributed by atoms with Gasteiger partial charge in [0.25, 0.3) is 0 Å². The van der Waals surface area contributed by atoms with Gasteiger partial charge in [0.15, 0.2) is 0 Å². The van der Waals surface area contributed by atoms with Gasteiger partial charge < -0.3 is 20.8 Å². The topological polar surface area (TPSA) is 106 Å². The molecule has 0 saturated heterocycles. The van der Waals surface area contributed by atoms with Crippen LogP contribution in [0.2, 0.25) is 0 Å². The number of hydrogen-bond acceptors (Lipinski definition) is 6. The Morgan fingerprint density at radius 1 is 1.53 bits per heavy atom. The van der Waals surface area contributed by atoms with Gasteiger partial charge in [-0.15, -0.1) is 5.10 Å². The Kier molecular flexibility index (Phi) is 2.82. The molecule has 0 radical (unpaired) electrons. The molecule has 82 valence electrons. The lowest BCUT2D eigenvalue weighted by Gasteiger charge is -2.02. The second-order valence-electron chi connectivity index (χ2n) is 3.40. The number of carbonyl (C=O) groups is 1. The molecule has 7 nitrogen and oxygen atoms in total. The Bertz CT molecular complexity index is 347. The van der Waals surface area contributed by atoms with E-state index < -0.39 is 0 Å². The second kappa shape index (κ2) is 4.26. The summed E-state index contributed by atoms with van der Waals surface area (Å²) in [5, 5.41) is 12.9. The minimum Gasteiger partial charge on any atom is -0.407 e. The first-order valence-electron chi connectivity index (χ1n) is 4.83. The van der Waals surface area contributed by atoms with Gasteiger partial charge in [0.1, 0.15) is 0 Å². The van der Waals surface area contributed by atoms with Crippen molar-refractivity contribution in [3.05, 3.63) is 5.89 Å². The molecule has 1 aromatic rings. The Labute approximate surface area is 86.4 Å². The average molecular weight is 211 g/mol. The monoisotopic (exact) mass is 211 g/mol. The zero-order valence-electron chi connectivity index (χ0n) is 8.19. The minimum atomic E-state index is -0.0648. The molecule has 7 heteroatoms. The second-order valence-corrected chi connectivity index (χ2v) is 3.40. The highest BCUT2D eigenvalue weighted by molar-refractivity contribution is 5.80. The van der Waals surface area contributed by atoms with Crippen LogP contribution in [0.3, 0.4) is 0 Å². The molecule has 1 aliphatic rings. The lowest BCUT2D eigenvalue weighted by Crippen LogP contribution is -2.31. The summed E-state index contributed by atoms with van der Waals surface area (Å²) >= 11 is 0. The highest BCUT2D eigenvalue weighted by Gasteiger charge is 2.23. The molecule has 1 fully saturated rings. The molecule has 0 bridgehead atoms. The van der Waals surface area contributed by atoms with Crippen molar-refractivity contribution in [2.75, 3.05) is 11.9 Å². The third kappa shape index (κ3) is 2.91. The SMILES string of the molecule is NCc1nnc(NCC(=O)NC2CC2)o1. The molecule has 1 aliphatic carbocycles. The van der Waals surface area contributed by atoms with Crippen LogP contribution in [0.15, 0.2) is 4.42 Å². The Morgan fingerprint density at radius 3 is 2.93 bits per heavy atom. The number of aromatic nitrogens is 2. The fourth-order valence-electron chi connectivity index (χ4n) is 1.07. The van der Waals surface area contributed by atoms with E-state index in [1.54, 1.807) is 0 Å². The van der Waals surface area contributed by atoms with E-state index in [4.69, 9.17) is 10.2 Å². The summed E-state index contributed by atoms with van der Waals surface area (Å²) in [6, 6.07) is 0.586. The maximum absolute atomic E-state index is 11.3. The zero-order chi connectivity index (χ0) is 10.7. The number of amides is 1. The van der Waals surface area contributed by atoms with Crippen molar-refractivity contribution in [1.82, 2.24) is 15.5 Å². The lowest BCUT2D eigenvalue weighted by atomic mass is 10.5. The molecule has 1 heterocycles. The van der Waals surface area contributed by atoms with Gasteiger partial charge in [-0.05, 0) is 12.8 Å². The summed E-state index contributed by atoms with van der Waals surface area (Å²) in [5.74, 6) is 0.282. The van der Waals surface area contributed by atoms with E-state index in [-0.39, 0.29) is 25.0 Å². The summed E-state index contributed by atoms with van der Waals surface area (Å²) in [6.07, 6.45) is 2.15. The molecule has 0 aliphatic heterocycles. The van der Waals surface area contributed by atoms with Gasteiger partial charge in [-0.2, -0.15) is 0 Å². The van der Waals surface area contributed by atoms with Gasteiger partial charge in [-0.25, -0.2) is 0 Å². The van der Waals surface area contributed by atoms with E-state index in [9.17, 15) is 4.79 Å². The Hall–Kier alpha value is -1.63. The van der Waals surface area contributed by atoms with E-state index in [0.717, 1.165) is 12.8 Å². The molecule has 1 amide bonds. The van der Waals surface area contributed by atoms with Gasteiger partial charge in [-0.3, -0.25) is 4.79 Å². The largest absolute Gasteiger partial charge is 0.407 e. The van der Waals surface area contributed by atoms with Crippen molar-refractivity contribution in [3.8, 4) is 0 Å². The molecule has 15 heavy (non-hydrogen) atoms. The number of anilines is 1. The molecule has 1 aromatic heterocycles. The highest BCUT2D eigenvalue weighted by Crippen LogP contribution is 2.18. The normalized spacial score (nSPS) is 15.0. The Balaban J connectivity index is 1.73. The van der Waals surface area contributed by atoms with Gasteiger partial charge in [0.2, 0.25) is 11.8 Å². The molecule has 0 aromatic carbocycles. The van der Waals surface area contributed by atoms with Gasteiger partial charge in [0, 0.05) is 6.04 Å². The molecular weight excluding hydrogens is 198 g/mol.